The summed E-state index contributed by atoms with van der Waals surface area (Å²) in [5.41, 5.74) is 0. The third-order valence-corrected chi connectivity index (χ3v) is 1.26. The minimum atomic E-state index is 0.339. The number of hydrogen-bond donors (Lipinski definition) is 2. The topological polar surface area (TPSA) is 32.3 Å². The summed E-state index contributed by atoms with van der Waals surface area (Å²) in [7, 11) is 0. The molecular weight excluding hydrogens is 138 g/mol. The smallest absolute Gasteiger partial charge is 0.0431 e. The molecule has 0 rings (SSSR count). The molecule has 0 aliphatic rings. The minimum absolute atomic E-state index is 0.339. The van der Waals surface area contributed by atoms with Crippen LogP contribution in [-0.2, 0) is 0 Å². The molecule has 0 radical (unpaired) electrons. The van der Waals surface area contributed by atoms with Crippen LogP contribution in [0.4, 0.5) is 0 Å². The van der Waals surface area contributed by atoms with Crippen LogP contribution < -0.4 is 5.32 Å². The van der Waals surface area contributed by atoms with Gasteiger partial charge in [-0.25, -0.2) is 0 Å². The van der Waals surface area contributed by atoms with E-state index in [2.05, 4.69) is 12.2 Å². The quantitative estimate of drug-likeness (QED) is 0.582. The normalized spacial score (nSPS) is 8.73. The van der Waals surface area contributed by atoms with Gasteiger partial charge in [0.1, 0.15) is 0 Å². The van der Waals surface area contributed by atoms with Crippen LogP contribution in [0.5, 0.6) is 0 Å². The molecule has 70 valence electrons. The number of nitrogens with one attached hydrogen (secondary N) is 1. The second-order valence-electron chi connectivity index (χ2n) is 2.14. The third kappa shape index (κ3) is 17.8. The summed E-state index contributed by atoms with van der Waals surface area (Å²) < 4.78 is 0. The third-order valence-electron chi connectivity index (χ3n) is 1.26. The molecule has 0 aliphatic heterocycles. The summed E-state index contributed by atoms with van der Waals surface area (Å²) >= 11 is 0. The summed E-state index contributed by atoms with van der Waals surface area (Å²) in [6.07, 6.45) is 3.28. The second-order valence-corrected chi connectivity index (χ2v) is 2.14. The Labute approximate surface area is 71.0 Å². The predicted octanol–water partition coefficient (Wildman–Crippen LogP) is 1.78. The van der Waals surface area contributed by atoms with Crippen molar-refractivity contribution >= 4 is 0 Å². The molecule has 0 saturated carbocycles. The van der Waals surface area contributed by atoms with Crippen LogP contribution in [0.3, 0.4) is 0 Å². The summed E-state index contributed by atoms with van der Waals surface area (Å²) in [4.78, 5) is 0. The van der Waals surface area contributed by atoms with E-state index in [1.165, 1.54) is 6.42 Å². The van der Waals surface area contributed by atoms with Gasteiger partial charge < -0.3 is 10.4 Å². The molecule has 11 heavy (non-hydrogen) atoms. The minimum Gasteiger partial charge on any atom is -0.396 e. The van der Waals surface area contributed by atoms with E-state index in [4.69, 9.17) is 5.11 Å². The number of unbranched alkanes of at least 4 members (excludes halogenated alkanes) is 2. The SMILES string of the molecule is CC.CCNCCCCCO. The fourth-order valence-corrected chi connectivity index (χ4v) is 0.715. The summed E-state index contributed by atoms with van der Waals surface area (Å²) in [6, 6.07) is 0. The van der Waals surface area contributed by atoms with Crippen LogP contribution in [-0.4, -0.2) is 24.8 Å². The van der Waals surface area contributed by atoms with Gasteiger partial charge >= 0.3 is 0 Å². The van der Waals surface area contributed by atoms with Gasteiger partial charge in [-0.2, -0.15) is 0 Å². The zero-order chi connectivity index (χ0) is 8.95. The first kappa shape index (κ1) is 13.5. The van der Waals surface area contributed by atoms with Crippen molar-refractivity contribution in [2.24, 2.45) is 0 Å². The van der Waals surface area contributed by atoms with E-state index in [0.717, 1.165) is 25.9 Å². The maximum absolute atomic E-state index is 8.40. The molecule has 2 nitrogen and oxygen atoms in total. The fourth-order valence-electron chi connectivity index (χ4n) is 0.715. The van der Waals surface area contributed by atoms with Crippen molar-refractivity contribution in [2.75, 3.05) is 19.7 Å². The van der Waals surface area contributed by atoms with Crippen LogP contribution in [0.15, 0.2) is 0 Å². The molecule has 2 heteroatoms. The van der Waals surface area contributed by atoms with Gasteiger partial charge in [0, 0.05) is 6.61 Å². The lowest BCUT2D eigenvalue weighted by Crippen LogP contribution is -2.13. The second kappa shape index (κ2) is 16.5. The standard InChI is InChI=1S/C7H17NO.C2H6/c1-2-8-6-4-3-5-7-9;1-2/h8-9H,2-7H2,1H3;1-2H3. The molecule has 0 spiro atoms. The number of hydrogen-bond acceptors (Lipinski definition) is 2. The molecule has 0 atom stereocenters. The molecule has 0 amide bonds. The first-order valence-electron chi connectivity index (χ1n) is 4.73. The van der Waals surface area contributed by atoms with Gasteiger partial charge in [-0.05, 0) is 32.4 Å². The molecule has 0 aromatic carbocycles. The van der Waals surface area contributed by atoms with E-state index < -0.39 is 0 Å². The number of aliphatic hydroxyl groups is 1. The highest BCUT2D eigenvalue weighted by Gasteiger charge is 1.84. The summed E-state index contributed by atoms with van der Waals surface area (Å²) in [5.74, 6) is 0. The first-order valence-corrected chi connectivity index (χ1v) is 4.73. The van der Waals surface area contributed by atoms with E-state index >= 15 is 0 Å². The largest absolute Gasteiger partial charge is 0.396 e. The van der Waals surface area contributed by atoms with Crippen molar-refractivity contribution in [2.45, 2.75) is 40.0 Å². The lowest BCUT2D eigenvalue weighted by molar-refractivity contribution is 0.283. The lowest BCUT2D eigenvalue weighted by atomic mass is 10.2. The maximum Gasteiger partial charge on any atom is 0.0431 e. The Morgan fingerprint density at radius 2 is 1.73 bits per heavy atom. The predicted molar refractivity (Wildman–Crippen MR) is 50.8 cm³/mol. The van der Waals surface area contributed by atoms with E-state index in [0.29, 0.717) is 6.61 Å². The van der Waals surface area contributed by atoms with Crippen molar-refractivity contribution in [3.05, 3.63) is 0 Å². The maximum atomic E-state index is 8.40. The zero-order valence-electron chi connectivity index (χ0n) is 8.19. The molecule has 0 aliphatic carbocycles. The van der Waals surface area contributed by atoms with Crippen molar-refractivity contribution in [1.29, 1.82) is 0 Å². The van der Waals surface area contributed by atoms with E-state index in [1.807, 2.05) is 13.8 Å². The number of rotatable bonds is 6. The molecule has 0 unspecified atom stereocenters. The Balaban J connectivity index is 0. The molecule has 0 bridgehead atoms. The van der Waals surface area contributed by atoms with Crippen molar-refractivity contribution in [1.82, 2.24) is 5.32 Å². The molecule has 0 fully saturated rings. The summed E-state index contributed by atoms with van der Waals surface area (Å²) in [6.45, 7) is 8.59. The fraction of sp³-hybridized carbons (Fsp3) is 1.00. The van der Waals surface area contributed by atoms with Crippen LogP contribution in [0.2, 0.25) is 0 Å². The molecule has 0 aromatic rings. The molecular formula is C9H23NO. The van der Waals surface area contributed by atoms with Gasteiger partial charge in [0.25, 0.3) is 0 Å². The lowest BCUT2D eigenvalue weighted by Gasteiger charge is -1.98. The summed E-state index contributed by atoms with van der Waals surface area (Å²) in [5, 5.41) is 11.6. The van der Waals surface area contributed by atoms with Gasteiger partial charge in [-0.1, -0.05) is 20.8 Å². The van der Waals surface area contributed by atoms with Crippen LogP contribution in [0.1, 0.15) is 40.0 Å². The number of aliphatic hydroxyl groups excluding tert-OH is 1. The Hall–Kier alpha value is -0.0800. The van der Waals surface area contributed by atoms with Gasteiger partial charge in [0.2, 0.25) is 0 Å². The van der Waals surface area contributed by atoms with Gasteiger partial charge in [-0.3, -0.25) is 0 Å². The van der Waals surface area contributed by atoms with Crippen molar-refractivity contribution in [3.63, 3.8) is 0 Å². The highest BCUT2D eigenvalue weighted by Crippen LogP contribution is 1.90. The molecule has 2 N–H and O–H groups in total. The van der Waals surface area contributed by atoms with E-state index in [1.54, 1.807) is 0 Å². The highest BCUT2D eigenvalue weighted by atomic mass is 16.2. The Bertz CT molecular complexity index is 42.8. The van der Waals surface area contributed by atoms with Crippen molar-refractivity contribution < 1.29 is 5.11 Å². The first-order chi connectivity index (χ1) is 5.41. The van der Waals surface area contributed by atoms with Gasteiger partial charge in [0.05, 0.1) is 0 Å². The zero-order valence-corrected chi connectivity index (χ0v) is 8.19. The highest BCUT2D eigenvalue weighted by molar-refractivity contribution is 4.44. The Morgan fingerprint density at radius 3 is 2.18 bits per heavy atom. The monoisotopic (exact) mass is 161 g/mol. The van der Waals surface area contributed by atoms with Crippen LogP contribution in [0.25, 0.3) is 0 Å². The molecule has 0 heterocycles. The van der Waals surface area contributed by atoms with Gasteiger partial charge in [0.15, 0.2) is 0 Å². The Kier molecular flexibility index (Phi) is 20.2. The molecule has 0 aromatic heterocycles. The van der Waals surface area contributed by atoms with E-state index in [9.17, 15) is 0 Å². The van der Waals surface area contributed by atoms with Crippen LogP contribution >= 0.6 is 0 Å². The Morgan fingerprint density at radius 1 is 1.09 bits per heavy atom. The van der Waals surface area contributed by atoms with Crippen LogP contribution in [0, 0.1) is 0 Å². The van der Waals surface area contributed by atoms with E-state index in [-0.39, 0.29) is 0 Å². The molecule has 0 saturated heterocycles. The average Bonchev–Trinajstić information content (AvgIpc) is 2.08. The van der Waals surface area contributed by atoms with Crippen molar-refractivity contribution in [3.8, 4) is 0 Å². The van der Waals surface area contributed by atoms with Gasteiger partial charge in [-0.15, -0.1) is 0 Å². The average molecular weight is 161 g/mol.